The first-order chi connectivity index (χ1) is 15.5. The predicted octanol–water partition coefficient (Wildman–Crippen LogP) is 3.35. The van der Waals surface area contributed by atoms with Crippen LogP contribution >= 0.6 is 0 Å². The van der Waals surface area contributed by atoms with Crippen LogP contribution in [0, 0.1) is 0 Å². The van der Waals surface area contributed by atoms with Gasteiger partial charge in [-0.2, -0.15) is 0 Å². The summed E-state index contributed by atoms with van der Waals surface area (Å²) >= 11 is 0. The quantitative estimate of drug-likeness (QED) is 0.379. The molecule has 33 heavy (non-hydrogen) atoms. The van der Waals surface area contributed by atoms with Crippen LogP contribution in [0.4, 0.5) is 0 Å². The van der Waals surface area contributed by atoms with Crippen LogP contribution in [0.2, 0.25) is 0 Å². The fourth-order valence-electron chi connectivity index (χ4n) is 4.16. The van der Waals surface area contributed by atoms with Gasteiger partial charge >= 0.3 is 14.2 Å². The van der Waals surface area contributed by atoms with Gasteiger partial charge in [0.15, 0.2) is 0 Å². The molecule has 3 rings (SSSR count). The Hall–Kier alpha value is -2.41. The molecular weight excluding hydrogens is 414 g/mol. The Morgan fingerprint density at radius 3 is 1.42 bits per heavy atom. The van der Waals surface area contributed by atoms with Gasteiger partial charge in [-0.3, -0.25) is 0 Å². The number of benzene rings is 3. The molecule has 0 aliphatic carbocycles. The zero-order chi connectivity index (χ0) is 24.3. The Labute approximate surface area is 197 Å². The van der Waals surface area contributed by atoms with Crippen LogP contribution in [-0.4, -0.2) is 45.6 Å². The van der Waals surface area contributed by atoms with E-state index in [1.165, 1.54) is 0 Å². The van der Waals surface area contributed by atoms with E-state index >= 15 is 0 Å². The molecule has 0 amide bonds. The SMILES string of the molecule is CC(C)(O)C(C)(C)OB(O)C(B(O)O)(c1ccccc1)C(c1ccccc1)c1ccccc1. The lowest BCUT2D eigenvalue weighted by atomic mass is 9.31. The molecule has 0 saturated heterocycles. The molecule has 3 aromatic rings. The number of aliphatic hydroxyl groups is 1. The van der Waals surface area contributed by atoms with Gasteiger partial charge in [0.1, 0.15) is 0 Å². The highest BCUT2D eigenvalue weighted by Gasteiger charge is 2.62. The molecule has 0 bridgehead atoms. The molecule has 0 aromatic heterocycles. The summed E-state index contributed by atoms with van der Waals surface area (Å²) in [6.45, 7) is 6.50. The van der Waals surface area contributed by atoms with Gasteiger partial charge in [0.2, 0.25) is 0 Å². The van der Waals surface area contributed by atoms with Gasteiger partial charge in [0.25, 0.3) is 0 Å². The molecular formula is C26H32B2O5. The van der Waals surface area contributed by atoms with Gasteiger partial charge in [0, 0.05) is 5.92 Å². The van der Waals surface area contributed by atoms with Crippen molar-refractivity contribution in [3.8, 4) is 0 Å². The molecule has 172 valence electrons. The Morgan fingerprint density at radius 1 is 0.667 bits per heavy atom. The summed E-state index contributed by atoms with van der Waals surface area (Å²) in [7, 11) is -3.69. The minimum atomic E-state index is -2.00. The first-order valence-corrected chi connectivity index (χ1v) is 11.1. The summed E-state index contributed by atoms with van der Waals surface area (Å²) in [4.78, 5) is 0. The van der Waals surface area contributed by atoms with E-state index in [1.54, 1.807) is 52.0 Å². The van der Waals surface area contributed by atoms with Gasteiger partial charge in [-0.15, -0.1) is 0 Å². The Bertz CT molecular complexity index is 968. The van der Waals surface area contributed by atoms with Crippen molar-refractivity contribution >= 4 is 14.2 Å². The largest absolute Gasteiger partial charge is 0.464 e. The Kier molecular flexibility index (Phi) is 7.52. The molecule has 0 aliphatic rings. The highest BCUT2D eigenvalue weighted by molar-refractivity contribution is 6.69. The Morgan fingerprint density at radius 2 is 1.06 bits per heavy atom. The molecule has 3 aromatic carbocycles. The van der Waals surface area contributed by atoms with E-state index in [2.05, 4.69) is 0 Å². The van der Waals surface area contributed by atoms with Gasteiger partial charge in [-0.05, 0) is 44.4 Å². The van der Waals surface area contributed by atoms with Crippen LogP contribution in [-0.2, 0) is 9.87 Å². The predicted molar refractivity (Wildman–Crippen MR) is 132 cm³/mol. The lowest BCUT2D eigenvalue weighted by Gasteiger charge is -2.46. The van der Waals surface area contributed by atoms with Crippen molar-refractivity contribution < 1.29 is 24.8 Å². The molecule has 4 N–H and O–H groups in total. The second kappa shape index (κ2) is 9.84. The maximum absolute atomic E-state index is 11.7. The molecule has 0 radical (unpaired) electrons. The number of hydrogen-bond acceptors (Lipinski definition) is 5. The van der Waals surface area contributed by atoms with E-state index in [9.17, 15) is 20.2 Å². The normalized spacial score (nSPS) is 14.1. The van der Waals surface area contributed by atoms with Crippen molar-refractivity contribution in [3.63, 3.8) is 0 Å². The third-order valence-electron chi connectivity index (χ3n) is 6.73. The summed E-state index contributed by atoms with van der Waals surface area (Å²) in [5.74, 6) is -0.685. The molecule has 5 nitrogen and oxygen atoms in total. The van der Waals surface area contributed by atoms with Crippen LogP contribution in [0.15, 0.2) is 91.0 Å². The Balaban J connectivity index is 2.33. The number of hydrogen-bond donors (Lipinski definition) is 4. The second-order valence-electron chi connectivity index (χ2n) is 9.47. The van der Waals surface area contributed by atoms with E-state index in [1.807, 2.05) is 66.7 Å². The smallest absolute Gasteiger partial charge is 0.427 e. The van der Waals surface area contributed by atoms with Crippen LogP contribution in [0.5, 0.6) is 0 Å². The first-order valence-electron chi connectivity index (χ1n) is 11.1. The minimum absolute atomic E-state index is 0.497. The van der Waals surface area contributed by atoms with Crippen LogP contribution < -0.4 is 0 Å². The van der Waals surface area contributed by atoms with Gasteiger partial charge in [-0.1, -0.05) is 91.0 Å². The molecule has 0 heterocycles. The third kappa shape index (κ3) is 4.93. The lowest BCUT2D eigenvalue weighted by molar-refractivity contribution is -0.102. The standard InChI is InChI=1S/C26H32B2O5/c1-24(2,29)25(3,4)33-28(32)26(27(30)31,22-18-12-7-13-19-22)23(20-14-8-5-9-15-20)21-16-10-6-11-17-21/h5-19,23,29-32H,1-4H3. The molecule has 0 aliphatic heterocycles. The average molecular weight is 446 g/mol. The van der Waals surface area contributed by atoms with E-state index in [-0.39, 0.29) is 0 Å². The summed E-state index contributed by atoms with van der Waals surface area (Å²) < 4.78 is 6.09. The van der Waals surface area contributed by atoms with Gasteiger partial charge in [0.05, 0.1) is 16.4 Å². The highest BCUT2D eigenvalue weighted by Crippen LogP contribution is 2.47. The topological polar surface area (TPSA) is 90.2 Å². The minimum Gasteiger partial charge on any atom is -0.427 e. The lowest BCUT2D eigenvalue weighted by Crippen LogP contribution is -2.64. The van der Waals surface area contributed by atoms with Crippen molar-refractivity contribution in [1.29, 1.82) is 0 Å². The fourth-order valence-corrected chi connectivity index (χ4v) is 4.16. The van der Waals surface area contributed by atoms with Crippen molar-refractivity contribution in [3.05, 3.63) is 108 Å². The van der Waals surface area contributed by atoms with E-state index in [4.69, 9.17) is 4.65 Å². The van der Waals surface area contributed by atoms with Crippen molar-refractivity contribution in [2.24, 2.45) is 0 Å². The van der Waals surface area contributed by atoms with Crippen molar-refractivity contribution in [2.45, 2.75) is 50.0 Å². The summed E-state index contributed by atoms with van der Waals surface area (Å²) in [5, 5.41) is 42.8. The van der Waals surface area contributed by atoms with Gasteiger partial charge < -0.3 is 24.8 Å². The molecule has 1 atom stereocenters. The number of rotatable bonds is 9. The zero-order valence-electron chi connectivity index (χ0n) is 19.6. The van der Waals surface area contributed by atoms with Crippen LogP contribution in [0.1, 0.15) is 50.3 Å². The second-order valence-corrected chi connectivity index (χ2v) is 9.47. The average Bonchev–Trinajstić information content (AvgIpc) is 2.77. The molecule has 1 unspecified atom stereocenters. The van der Waals surface area contributed by atoms with Crippen LogP contribution in [0.25, 0.3) is 0 Å². The van der Waals surface area contributed by atoms with Gasteiger partial charge in [-0.25, -0.2) is 0 Å². The van der Waals surface area contributed by atoms with E-state index in [0.29, 0.717) is 5.56 Å². The molecule has 0 spiro atoms. The summed E-state index contributed by atoms with van der Waals surface area (Å²) in [5.41, 5.74) is -0.462. The van der Waals surface area contributed by atoms with E-state index < -0.39 is 36.6 Å². The van der Waals surface area contributed by atoms with E-state index in [0.717, 1.165) is 11.1 Å². The molecule has 0 fully saturated rings. The van der Waals surface area contributed by atoms with Crippen molar-refractivity contribution in [2.75, 3.05) is 0 Å². The highest BCUT2D eigenvalue weighted by atomic mass is 16.6. The first kappa shape index (κ1) is 25.2. The van der Waals surface area contributed by atoms with Crippen molar-refractivity contribution in [1.82, 2.24) is 0 Å². The third-order valence-corrected chi connectivity index (χ3v) is 6.73. The molecule has 7 heteroatoms. The fraction of sp³-hybridized carbons (Fsp3) is 0.308. The van der Waals surface area contributed by atoms with Crippen LogP contribution in [0.3, 0.4) is 0 Å². The summed E-state index contributed by atoms with van der Waals surface area (Å²) in [6, 6.07) is 27.7. The molecule has 0 saturated carbocycles. The maximum Gasteiger partial charge on any atom is 0.464 e. The zero-order valence-corrected chi connectivity index (χ0v) is 19.6. The maximum atomic E-state index is 11.7. The monoisotopic (exact) mass is 446 g/mol. The summed E-state index contributed by atoms with van der Waals surface area (Å²) in [6.07, 6.45) is 0.